The number of rotatable bonds is 2. The third-order valence-corrected chi connectivity index (χ3v) is 4.19. The van der Waals surface area contributed by atoms with Crippen LogP contribution < -0.4 is 5.73 Å². The molecule has 1 aliphatic heterocycles. The summed E-state index contributed by atoms with van der Waals surface area (Å²) >= 11 is 0. The highest BCUT2D eigenvalue weighted by Gasteiger charge is 2.30. The van der Waals surface area contributed by atoms with Gasteiger partial charge in [0, 0.05) is 5.69 Å². The van der Waals surface area contributed by atoms with Gasteiger partial charge in [-0.1, -0.05) is 13.3 Å². The van der Waals surface area contributed by atoms with Crippen LogP contribution in [-0.2, 0) is 4.74 Å². The number of pyridine rings is 1. The van der Waals surface area contributed by atoms with Crippen molar-refractivity contribution < 1.29 is 4.74 Å². The van der Waals surface area contributed by atoms with E-state index in [-0.39, 0.29) is 12.1 Å². The molecule has 1 unspecified atom stereocenters. The van der Waals surface area contributed by atoms with Gasteiger partial charge in [0.15, 0.2) is 5.82 Å². The zero-order chi connectivity index (χ0) is 14.4. The number of nitrogens with two attached hydrogens (primary N) is 1. The van der Waals surface area contributed by atoms with Gasteiger partial charge in [0.1, 0.15) is 17.4 Å². The standard InChI is InChI=1S/C15H22N4O/c1-5-6-11-15-18-12-13(19(15)8(2)7-20-11)9(3)10(4)17-14(12)16/h8,11H,5-7H2,1-4H3,(H2,16,17)/t8-,11?/m0/s1. The monoisotopic (exact) mass is 274 g/mol. The number of ether oxygens (including phenoxy) is 1. The summed E-state index contributed by atoms with van der Waals surface area (Å²) in [5.41, 5.74) is 10.2. The Morgan fingerprint density at radius 1 is 1.35 bits per heavy atom. The number of hydrogen-bond acceptors (Lipinski definition) is 4. The highest BCUT2D eigenvalue weighted by molar-refractivity contribution is 5.88. The number of imidazole rings is 1. The molecule has 0 spiro atoms. The molecule has 20 heavy (non-hydrogen) atoms. The predicted molar refractivity (Wildman–Crippen MR) is 79.7 cm³/mol. The molecule has 5 nitrogen and oxygen atoms in total. The zero-order valence-corrected chi connectivity index (χ0v) is 12.6. The molecule has 2 atom stereocenters. The van der Waals surface area contributed by atoms with Gasteiger partial charge in [-0.2, -0.15) is 0 Å². The van der Waals surface area contributed by atoms with Gasteiger partial charge >= 0.3 is 0 Å². The van der Waals surface area contributed by atoms with Gasteiger partial charge in [-0.15, -0.1) is 0 Å². The van der Waals surface area contributed by atoms with E-state index in [0.29, 0.717) is 5.82 Å². The van der Waals surface area contributed by atoms with E-state index in [1.807, 2.05) is 6.92 Å². The van der Waals surface area contributed by atoms with Crippen LogP contribution in [0.4, 0.5) is 5.82 Å². The lowest BCUT2D eigenvalue weighted by Gasteiger charge is -2.29. The van der Waals surface area contributed by atoms with Crippen molar-refractivity contribution in [2.45, 2.75) is 52.7 Å². The molecule has 1 aliphatic rings. The molecule has 0 aromatic carbocycles. The molecule has 5 heteroatoms. The van der Waals surface area contributed by atoms with Crippen LogP contribution in [-0.4, -0.2) is 21.1 Å². The Labute approximate surface area is 119 Å². The fraction of sp³-hybridized carbons (Fsp3) is 0.600. The number of aromatic nitrogens is 3. The van der Waals surface area contributed by atoms with Gasteiger partial charge < -0.3 is 15.0 Å². The summed E-state index contributed by atoms with van der Waals surface area (Å²) in [5.74, 6) is 1.52. The van der Waals surface area contributed by atoms with Crippen LogP contribution in [0.25, 0.3) is 11.0 Å². The van der Waals surface area contributed by atoms with Crippen LogP contribution in [0, 0.1) is 13.8 Å². The van der Waals surface area contributed by atoms with E-state index in [1.165, 1.54) is 0 Å². The maximum atomic E-state index is 6.08. The SMILES string of the molecule is CCCC1OC[C@H](C)n2c1nc1c(N)nc(C)c(C)c12. The van der Waals surface area contributed by atoms with Crippen LogP contribution in [0.1, 0.15) is 55.9 Å². The van der Waals surface area contributed by atoms with E-state index in [2.05, 4.69) is 30.3 Å². The molecule has 0 radical (unpaired) electrons. The summed E-state index contributed by atoms with van der Waals surface area (Å²) in [6.45, 7) is 9.15. The largest absolute Gasteiger partial charge is 0.382 e. The van der Waals surface area contributed by atoms with E-state index in [0.717, 1.165) is 47.6 Å². The number of aryl methyl sites for hydroxylation is 2. The van der Waals surface area contributed by atoms with Gasteiger partial charge in [0.05, 0.1) is 18.2 Å². The van der Waals surface area contributed by atoms with Crippen molar-refractivity contribution >= 4 is 16.9 Å². The van der Waals surface area contributed by atoms with Gasteiger partial charge in [0.2, 0.25) is 0 Å². The van der Waals surface area contributed by atoms with Crippen molar-refractivity contribution in [3.8, 4) is 0 Å². The number of fused-ring (bicyclic) bond motifs is 3. The molecule has 3 heterocycles. The molecule has 3 rings (SSSR count). The van der Waals surface area contributed by atoms with Crippen molar-refractivity contribution in [1.82, 2.24) is 14.5 Å². The average molecular weight is 274 g/mol. The van der Waals surface area contributed by atoms with Gasteiger partial charge in [0.25, 0.3) is 0 Å². The van der Waals surface area contributed by atoms with Crippen molar-refractivity contribution in [2.24, 2.45) is 0 Å². The van der Waals surface area contributed by atoms with Crippen LogP contribution in [0.3, 0.4) is 0 Å². The summed E-state index contributed by atoms with van der Waals surface area (Å²) in [5, 5.41) is 0. The lowest BCUT2D eigenvalue weighted by molar-refractivity contribution is -0.00319. The lowest BCUT2D eigenvalue weighted by Crippen LogP contribution is -2.25. The minimum Gasteiger partial charge on any atom is -0.382 e. The quantitative estimate of drug-likeness (QED) is 0.914. The normalized spacial score (nSPS) is 22.2. The Bertz CT molecular complexity index is 662. The second-order valence-corrected chi connectivity index (χ2v) is 5.70. The van der Waals surface area contributed by atoms with Crippen LogP contribution >= 0.6 is 0 Å². The summed E-state index contributed by atoms with van der Waals surface area (Å²) in [7, 11) is 0. The predicted octanol–water partition coefficient (Wildman–Crippen LogP) is 3.06. The number of nitrogens with zero attached hydrogens (tertiary/aromatic N) is 3. The Kier molecular flexibility index (Phi) is 3.17. The van der Waals surface area contributed by atoms with E-state index in [9.17, 15) is 0 Å². The second kappa shape index (κ2) is 4.74. The van der Waals surface area contributed by atoms with Crippen molar-refractivity contribution in [3.05, 3.63) is 17.1 Å². The fourth-order valence-electron chi connectivity index (χ4n) is 3.03. The first-order valence-electron chi connectivity index (χ1n) is 7.30. The first kappa shape index (κ1) is 13.4. The van der Waals surface area contributed by atoms with E-state index < -0.39 is 0 Å². The first-order valence-corrected chi connectivity index (χ1v) is 7.30. The first-order chi connectivity index (χ1) is 9.54. The van der Waals surface area contributed by atoms with Crippen LogP contribution in [0.5, 0.6) is 0 Å². The minimum atomic E-state index is 0.0720. The number of anilines is 1. The molecule has 2 aromatic heterocycles. The van der Waals surface area contributed by atoms with Crippen LogP contribution in [0.15, 0.2) is 0 Å². The summed E-state index contributed by atoms with van der Waals surface area (Å²) in [6, 6.07) is 0.281. The van der Waals surface area contributed by atoms with Gasteiger partial charge in [-0.3, -0.25) is 0 Å². The molecule has 0 saturated heterocycles. The molecule has 2 aromatic rings. The molecular formula is C15H22N4O. The molecular weight excluding hydrogens is 252 g/mol. The Morgan fingerprint density at radius 3 is 2.80 bits per heavy atom. The third kappa shape index (κ3) is 1.80. The Morgan fingerprint density at radius 2 is 2.10 bits per heavy atom. The fourth-order valence-corrected chi connectivity index (χ4v) is 3.03. The minimum absolute atomic E-state index is 0.0720. The molecule has 108 valence electrons. The average Bonchev–Trinajstić information content (AvgIpc) is 2.81. The molecule has 0 saturated carbocycles. The molecule has 0 fully saturated rings. The summed E-state index contributed by atoms with van der Waals surface area (Å²) in [4.78, 5) is 9.16. The highest BCUT2D eigenvalue weighted by Crippen LogP contribution is 2.37. The van der Waals surface area contributed by atoms with Crippen molar-refractivity contribution in [1.29, 1.82) is 0 Å². The number of nitrogen functional groups attached to an aromatic ring is 1. The van der Waals surface area contributed by atoms with E-state index >= 15 is 0 Å². The molecule has 0 aliphatic carbocycles. The van der Waals surface area contributed by atoms with Crippen molar-refractivity contribution in [3.63, 3.8) is 0 Å². The third-order valence-electron chi connectivity index (χ3n) is 4.19. The summed E-state index contributed by atoms with van der Waals surface area (Å²) in [6.07, 6.45) is 2.14. The second-order valence-electron chi connectivity index (χ2n) is 5.70. The van der Waals surface area contributed by atoms with Gasteiger partial charge in [-0.25, -0.2) is 9.97 Å². The maximum absolute atomic E-state index is 6.08. The van der Waals surface area contributed by atoms with E-state index in [4.69, 9.17) is 15.5 Å². The molecule has 2 N–H and O–H groups in total. The highest BCUT2D eigenvalue weighted by atomic mass is 16.5. The smallest absolute Gasteiger partial charge is 0.151 e. The molecule has 0 amide bonds. The lowest BCUT2D eigenvalue weighted by atomic mass is 10.1. The maximum Gasteiger partial charge on any atom is 0.151 e. The van der Waals surface area contributed by atoms with Gasteiger partial charge in [-0.05, 0) is 32.8 Å². The van der Waals surface area contributed by atoms with Crippen molar-refractivity contribution in [2.75, 3.05) is 12.3 Å². The Hall–Kier alpha value is -1.62. The number of hydrogen-bond donors (Lipinski definition) is 1. The Balaban J connectivity index is 2.32. The topological polar surface area (TPSA) is 66.0 Å². The van der Waals surface area contributed by atoms with Crippen LogP contribution in [0.2, 0.25) is 0 Å². The summed E-state index contributed by atoms with van der Waals surface area (Å²) < 4.78 is 8.26. The molecule has 0 bridgehead atoms. The van der Waals surface area contributed by atoms with E-state index in [1.54, 1.807) is 0 Å². The zero-order valence-electron chi connectivity index (χ0n) is 12.6.